The molecular weight excluding hydrogens is 417 g/mol. The predicted molar refractivity (Wildman–Crippen MR) is 110 cm³/mol. The van der Waals surface area contributed by atoms with E-state index >= 15 is 0 Å². The lowest BCUT2D eigenvalue weighted by molar-refractivity contribution is 0.0512. The third-order valence-electron chi connectivity index (χ3n) is 3.78. The van der Waals surface area contributed by atoms with Gasteiger partial charge in [0.05, 0.1) is 27.8 Å². The van der Waals surface area contributed by atoms with Crippen molar-refractivity contribution in [2.24, 2.45) is 5.16 Å². The molecule has 0 bridgehead atoms. The fourth-order valence-corrected chi connectivity index (χ4v) is 2.66. The van der Waals surface area contributed by atoms with Gasteiger partial charge >= 0.3 is 11.9 Å². The minimum Gasteiger partial charge on any atom is -0.462 e. The molecule has 0 aliphatic rings. The number of esters is 1. The summed E-state index contributed by atoms with van der Waals surface area (Å²) in [5.41, 5.74) is 1.45. The Morgan fingerprint density at radius 3 is 2.38 bits per heavy atom. The average molecular weight is 432 g/mol. The van der Waals surface area contributed by atoms with Crippen LogP contribution >= 0.6 is 23.2 Å². The van der Waals surface area contributed by atoms with Gasteiger partial charge in [-0.3, -0.25) is 0 Å². The van der Waals surface area contributed by atoms with Crippen molar-refractivity contribution in [2.75, 3.05) is 6.61 Å². The Morgan fingerprint density at radius 1 is 0.966 bits per heavy atom. The second-order valence-corrected chi connectivity index (χ2v) is 6.56. The molecule has 3 aromatic rings. The van der Waals surface area contributed by atoms with Crippen LogP contribution < -0.4 is 0 Å². The van der Waals surface area contributed by atoms with Gasteiger partial charge in [-0.2, -0.15) is 0 Å². The van der Waals surface area contributed by atoms with E-state index < -0.39 is 5.97 Å². The monoisotopic (exact) mass is 431 g/mol. The number of rotatable bonds is 6. The summed E-state index contributed by atoms with van der Waals surface area (Å²) >= 11 is 11.7. The molecule has 0 spiro atoms. The number of furan rings is 1. The Kier molecular flexibility index (Phi) is 6.69. The topological polar surface area (TPSA) is 78.1 Å². The van der Waals surface area contributed by atoms with Crippen LogP contribution in [-0.2, 0) is 9.57 Å². The van der Waals surface area contributed by atoms with Gasteiger partial charge in [-0.05, 0) is 49.4 Å². The molecule has 0 unspecified atom stereocenters. The maximum atomic E-state index is 12.0. The molecule has 0 amide bonds. The first kappa shape index (κ1) is 20.6. The number of halogens is 2. The number of benzene rings is 2. The third kappa shape index (κ3) is 5.25. The van der Waals surface area contributed by atoms with E-state index in [1.165, 1.54) is 24.4 Å². The predicted octanol–water partition coefficient (Wildman–Crippen LogP) is 5.62. The van der Waals surface area contributed by atoms with Crippen molar-refractivity contribution in [1.82, 2.24) is 0 Å². The molecule has 3 rings (SSSR count). The van der Waals surface area contributed by atoms with E-state index in [-0.39, 0.29) is 16.6 Å². The van der Waals surface area contributed by atoms with E-state index in [1.54, 1.807) is 43.3 Å². The van der Waals surface area contributed by atoms with E-state index in [9.17, 15) is 9.59 Å². The summed E-state index contributed by atoms with van der Waals surface area (Å²) in [5.74, 6) is -0.106. The van der Waals surface area contributed by atoms with Gasteiger partial charge in [0.15, 0.2) is 0 Å². The highest BCUT2D eigenvalue weighted by Gasteiger charge is 2.10. The maximum Gasteiger partial charge on any atom is 0.365 e. The van der Waals surface area contributed by atoms with Gasteiger partial charge in [-0.15, -0.1) is 0 Å². The van der Waals surface area contributed by atoms with Crippen molar-refractivity contribution in [1.29, 1.82) is 0 Å². The second-order valence-electron chi connectivity index (χ2n) is 5.74. The van der Waals surface area contributed by atoms with Crippen LogP contribution in [0.5, 0.6) is 0 Å². The van der Waals surface area contributed by atoms with Crippen LogP contribution in [0.2, 0.25) is 10.0 Å². The van der Waals surface area contributed by atoms with Gasteiger partial charge in [-0.1, -0.05) is 40.5 Å². The van der Waals surface area contributed by atoms with Gasteiger partial charge < -0.3 is 14.0 Å². The lowest BCUT2D eigenvalue weighted by atomic mass is 10.1. The second kappa shape index (κ2) is 9.41. The van der Waals surface area contributed by atoms with Crippen LogP contribution in [-0.4, -0.2) is 24.8 Å². The first-order chi connectivity index (χ1) is 14.0. The van der Waals surface area contributed by atoms with Crippen LogP contribution in [0.15, 0.2) is 64.2 Å². The summed E-state index contributed by atoms with van der Waals surface area (Å²) < 4.78 is 10.6. The van der Waals surface area contributed by atoms with Crippen LogP contribution in [0.25, 0.3) is 11.3 Å². The van der Waals surface area contributed by atoms with Crippen molar-refractivity contribution < 1.29 is 23.6 Å². The highest BCUT2D eigenvalue weighted by atomic mass is 35.5. The minimum absolute atomic E-state index is 0.221. The number of oxime groups is 1. The molecule has 6 nitrogen and oxygen atoms in total. The quantitative estimate of drug-likeness (QED) is 0.219. The van der Waals surface area contributed by atoms with Gasteiger partial charge in [0.2, 0.25) is 0 Å². The Hall–Kier alpha value is -3.09. The highest BCUT2D eigenvalue weighted by molar-refractivity contribution is 6.42. The molecule has 0 N–H and O–H groups in total. The molecular formula is C21H15Cl2NO5. The lowest BCUT2D eigenvalue weighted by Gasteiger charge is -2.02. The Balaban J connectivity index is 1.63. The zero-order valence-electron chi connectivity index (χ0n) is 15.2. The molecule has 1 heterocycles. The van der Waals surface area contributed by atoms with Gasteiger partial charge in [0.25, 0.3) is 0 Å². The molecule has 148 valence electrons. The molecule has 0 radical (unpaired) electrons. The van der Waals surface area contributed by atoms with Crippen molar-refractivity contribution >= 4 is 41.4 Å². The fourth-order valence-electron chi connectivity index (χ4n) is 2.36. The molecule has 0 aliphatic carbocycles. The first-order valence-corrected chi connectivity index (χ1v) is 9.30. The smallest absolute Gasteiger partial charge is 0.365 e. The molecule has 8 heteroatoms. The SMILES string of the molecule is CCOC(=O)c1ccc(-c2ccc(/C=N/OC(=O)c3ccc(Cl)c(Cl)c3)o2)cc1. The first-order valence-electron chi connectivity index (χ1n) is 8.55. The number of hydrogen-bond acceptors (Lipinski definition) is 6. The minimum atomic E-state index is -0.679. The molecule has 29 heavy (non-hydrogen) atoms. The number of carbonyl (C=O) groups excluding carboxylic acids is 2. The van der Waals surface area contributed by atoms with Crippen molar-refractivity contribution in [3.63, 3.8) is 0 Å². The largest absolute Gasteiger partial charge is 0.462 e. The molecule has 0 atom stereocenters. The van der Waals surface area contributed by atoms with Crippen LogP contribution in [0.3, 0.4) is 0 Å². The summed E-state index contributed by atoms with van der Waals surface area (Å²) in [6.45, 7) is 2.07. The summed E-state index contributed by atoms with van der Waals surface area (Å²) in [6.07, 6.45) is 1.27. The molecule has 0 aliphatic heterocycles. The van der Waals surface area contributed by atoms with E-state index in [2.05, 4.69) is 5.16 Å². The van der Waals surface area contributed by atoms with Crippen LogP contribution in [0.1, 0.15) is 33.4 Å². The summed E-state index contributed by atoms with van der Waals surface area (Å²) in [7, 11) is 0. The normalized spacial score (nSPS) is 10.9. The zero-order chi connectivity index (χ0) is 20.8. The van der Waals surface area contributed by atoms with Crippen molar-refractivity contribution in [2.45, 2.75) is 6.92 Å². The van der Waals surface area contributed by atoms with Crippen molar-refractivity contribution in [3.05, 3.63) is 81.5 Å². The highest BCUT2D eigenvalue weighted by Crippen LogP contribution is 2.24. The molecule has 2 aromatic carbocycles. The lowest BCUT2D eigenvalue weighted by Crippen LogP contribution is -2.03. The number of ether oxygens (including phenoxy) is 1. The van der Waals surface area contributed by atoms with Crippen molar-refractivity contribution in [3.8, 4) is 11.3 Å². The number of nitrogens with zero attached hydrogens (tertiary/aromatic N) is 1. The maximum absolute atomic E-state index is 12.0. The van der Waals surface area contributed by atoms with Gasteiger partial charge in [0, 0.05) is 5.56 Å². The Bertz CT molecular complexity index is 1060. The van der Waals surface area contributed by atoms with E-state index in [1.807, 2.05) is 0 Å². The van der Waals surface area contributed by atoms with E-state index in [0.717, 1.165) is 5.56 Å². The molecule has 0 saturated carbocycles. The van der Waals surface area contributed by atoms with Crippen LogP contribution in [0, 0.1) is 0 Å². The third-order valence-corrected chi connectivity index (χ3v) is 4.52. The Morgan fingerprint density at radius 2 is 1.69 bits per heavy atom. The summed E-state index contributed by atoms with van der Waals surface area (Å²) in [5, 5.41) is 4.21. The number of carbonyl (C=O) groups is 2. The van der Waals surface area contributed by atoms with Gasteiger partial charge in [-0.25, -0.2) is 9.59 Å². The molecule has 0 fully saturated rings. The summed E-state index contributed by atoms with van der Waals surface area (Å²) in [6, 6.07) is 14.6. The van der Waals surface area contributed by atoms with E-state index in [0.29, 0.717) is 28.7 Å². The van der Waals surface area contributed by atoms with Crippen LogP contribution in [0.4, 0.5) is 0 Å². The number of hydrogen-bond donors (Lipinski definition) is 0. The van der Waals surface area contributed by atoms with E-state index in [4.69, 9.17) is 37.2 Å². The van der Waals surface area contributed by atoms with Gasteiger partial charge in [0.1, 0.15) is 17.7 Å². The Labute approximate surface area is 176 Å². The fraction of sp³-hybridized carbons (Fsp3) is 0.0952. The zero-order valence-corrected chi connectivity index (χ0v) is 16.7. The summed E-state index contributed by atoms with van der Waals surface area (Å²) in [4.78, 5) is 28.5. The average Bonchev–Trinajstić information content (AvgIpc) is 3.19. The standard InChI is InChI=1S/C21H15Cl2NO5/c1-2-27-20(25)14-5-3-13(4-6-14)19-10-8-16(28-19)12-24-29-21(26)15-7-9-17(22)18(23)11-15/h3-12H,2H2,1H3/b24-12+. The molecule has 1 aromatic heterocycles. The molecule has 0 saturated heterocycles.